The SMILES string of the molecule is NC(=O)CNC(=O)c1ccc(N2CCC3(C2)CC3(F)F)c(OCC2CC2)n1. The Labute approximate surface area is 155 Å². The van der Waals surface area contributed by atoms with Gasteiger partial charge in [-0.3, -0.25) is 9.59 Å². The number of halogens is 2. The third-order valence-corrected chi connectivity index (χ3v) is 5.55. The zero-order chi connectivity index (χ0) is 19.2. The summed E-state index contributed by atoms with van der Waals surface area (Å²) in [6.07, 6.45) is 2.54. The topological polar surface area (TPSA) is 97.5 Å². The predicted molar refractivity (Wildman–Crippen MR) is 92.8 cm³/mol. The van der Waals surface area contributed by atoms with Crippen LogP contribution in [0.3, 0.4) is 0 Å². The summed E-state index contributed by atoms with van der Waals surface area (Å²) in [6.45, 7) is 0.963. The lowest BCUT2D eigenvalue weighted by atomic mass is 10.1. The summed E-state index contributed by atoms with van der Waals surface area (Å²) in [5.74, 6) is -3.04. The molecule has 1 saturated heterocycles. The fourth-order valence-electron chi connectivity index (χ4n) is 3.55. The number of pyridine rings is 1. The van der Waals surface area contributed by atoms with Crippen LogP contribution in [0.1, 0.15) is 36.2 Å². The van der Waals surface area contributed by atoms with Gasteiger partial charge in [-0.15, -0.1) is 0 Å². The molecule has 2 amide bonds. The molecule has 2 heterocycles. The van der Waals surface area contributed by atoms with Gasteiger partial charge in [0.05, 0.1) is 24.3 Å². The van der Waals surface area contributed by atoms with E-state index in [0.29, 0.717) is 31.2 Å². The lowest BCUT2D eigenvalue weighted by Gasteiger charge is -2.22. The Kier molecular flexibility index (Phi) is 4.20. The first kappa shape index (κ1) is 17.9. The van der Waals surface area contributed by atoms with Crippen LogP contribution in [0.5, 0.6) is 5.88 Å². The van der Waals surface area contributed by atoms with E-state index in [1.54, 1.807) is 6.07 Å². The Morgan fingerprint density at radius 1 is 1.37 bits per heavy atom. The average molecular weight is 380 g/mol. The van der Waals surface area contributed by atoms with Crippen molar-refractivity contribution in [3.8, 4) is 5.88 Å². The van der Waals surface area contributed by atoms with Crippen LogP contribution in [-0.4, -0.2) is 49.0 Å². The zero-order valence-electron chi connectivity index (χ0n) is 14.8. The average Bonchev–Trinajstić information content (AvgIpc) is 3.48. The molecule has 0 bridgehead atoms. The Morgan fingerprint density at radius 2 is 2.11 bits per heavy atom. The maximum atomic E-state index is 13.7. The Balaban J connectivity index is 1.53. The van der Waals surface area contributed by atoms with Crippen molar-refractivity contribution < 1.29 is 23.1 Å². The lowest BCUT2D eigenvalue weighted by molar-refractivity contribution is -0.117. The molecule has 146 valence electrons. The molecule has 1 aliphatic heterocycles. The van der Waals surface area contributed by atoms with Crippen LogP contribution in [0.15, 0.2) is 12.1 Å². The van der Waals surface area contributed by atoms with Crippen LogP contribution in [0, 0.1) is 11.3 Å². The molecule has 1 atom stereocenters. The van der Waals surface area contributed by atoms with Crippen molar-refractivity contribution >= 4 is 17.5 Å². The number of ether oxygens (including phenoxy) is 1. The quantitative estimate of drug-likeness (QED) is 0.744. The number of alkyl halides is 2. The monoisotopic (exact) mass is 380 g/mol. The molecule has 1 unspecified atom stereocenters. The molecule has 1 spiro atoms. The third-order valence-electron chi connectivity index (χ3n) is 5.55. The van der Waals surface area contributed by atoms with Gasteiger partial charge in [-0.1, -0.05) is 0 Å². The molecule has 27 heavy (non-hydrogen) atoms. The van der Waals surface area contributed by atoms with E-state index in [1.807, 2.05) is 4.90 Å². The highest BCUT2D eigenvalue weighted by Crippen LogP contribution is 2.65. The Hall–Kier alpha value is -2.45. The van der Waals surface area contributed by atoms with Crippen molar-refractivity contribution in [2.24, 2.45) is 17.1 Å². The predicted octanol–water partition coefficient (Wildman–Crippen LogP) is 1.32. The summed E-state index contributed by atoms with van der Waals surface area (Å²) in [7, 11) is 0. The molecule has 3 N–H and O–H groups in total. The number of hydrogen-bond acceptors (Lipinski definition) is 5. The zero-order valence-corrected chi connectivity index (χ0v) is 14.8. The Morgan fingerprint density at radius 3 is 2.70 bits per heavy atom. The summed E-state index contributed by atoms with van der Waals surface area (Å²) >= 11 is 0. The molecule has 9 heteroatoms. The third kappa shape index (κ3) is 3.54. The van der Waals surface area contributed by atoms with Crippen LogP contribution >= 0.6 is 0 Å². The minimum atomic E-state index is -2.60. The highest BCUT2D eigenvalue weighted by atomic mass is 19.3. The number of amides is 2. The number of nitrogens with two attached hydrogens (primary N) is 1. The first-order valence-electron chi connectivity index (χ1n) is 9.13. The van der Waals surface area contributed by atoms with Crippen molar-refractivity contribution in [1.29, 1.82) is 0 Å². The number of carbonyl (C=O) groups excluding carboxylic acids is 2. The van der Waals surface area contributed by atoms with E-state index in [4.69, 9.17) is 10.5 Å². The second kappa shape index (κ2) is 6.31. The number of hydrogen-bond donors (Lipinski definition) is 2. The van der Waals surface area contributed by atoms with Gasteiger partial charge < -0.3 is 20.7 Å². The van der Waals surface area contributed by atoms with Crippen molar-refractivity contribution in [2.45, 2.75) is 31.6 Å². The Bertz CT molecular complexity index is 784. The summed E-state index contributed by atoms with van der Waals surface area (Å²) in [5, 5.41) is 2.38. The van der Waals surface area contributed by atoms with Crippen molar-refractivity contribution in [2.75, 3.05) is 31.1 Å². The van der Waals surface area contributed by atoms with E-state index in [2.05, 4.69) is 10.3 Å². The van der Waals surface area contributed by atoms with Gasteiger partial charge in [0.1, 0.15) is 5.69 Å². The summed E-state index contributed by atoms with van der Waals surface area (Å²) < 4.78 is 33.2. The number of rotatable bonds is 7. The summed E-state index contributed by atoms with van der Waals surface area (Å²) in [4.78, 5) is 29.1. The maximum Gasteiger partial charge on any atom is 0.270 e. The van der Waals surface area contributed by atoms with Gasteiger partial charge >= 0.3 is 0 Å². The van der Waals surface area contributed by atoms with Gasteiger partial charge in [0.2, 0.25) is 11.8 Å². The van der Waals surface area contributed by atoms with Crippen LogP contribution in [0.2, 0.25) is 0 Å². The minimum absolute atomic E-state index is 0.0736. The molecule has 7 nitrogen and oxygen atoms in total. The van der Waals surface area contributed by atoms with E-state index in [1.165, 1.54) is 6.07 Å². The number of aromatic nitrogens is 1. The van der Waals surface area contributed by atoms with Gasteiger partial charge in [-0.2, -0.15) is 0 Å². The standard InChI is InChI=1S/C18H22F2N4O3/c19-18(20)9-17(18)5-6-24(10-17)13-4-3-12(15(26)22-7-14(21)25)23-16(13)27-8-11-1-2-11/h3-4,11H,1-2,5-10H2,(H2,21,25)(H,22,26). The van der Waals surface area contributed by atoms with Crippen LogP contribution in [0.25, 0.3) is 0 Å². The van der Waals surface area contributed by atoms with Crippen molar-refractivity contribution in [1.82, 2.24) is 10.3 Å². The smallest absolute Gasteiger partial charge is 0.270 e. The number of nitrogens with zero attached hydrogens (tertiary/aromatic N) is 2. The molecule has 0 aromatic carbocycles. The summed E-state index contributed by atoms with van der Waals surface area (Å²) in [5.41, 5.74) is 4.82. The molecule has 2 saturated carbocycles. The van der Waals surface area contributed by atoms with Crippen LogP contribution in [-0.2, 0) is 4.79 Å². The van der Waals surface area contributed by atoms with Crippen LogP contribution in [0.4, 0.5) is 14.5 Å². The molecule has 1 aromatic rings. The molecule has 3 aliphatic rings. The lowest BCUT2D eigenvalue weighted by Crippen LogP contribution is -2.33. The fourth-order valence-corrected chi connectivity index (χ4v) is 3.55. The first-order valence-corrected chi connectivity index (χ1v) is 9.13. The number of anilines is 1. The molecule has 3 fully saturated rings. The maximum absolute atomic E-state index is 13.7. The van der Waals surface area contributed by atoms with Gasteiger partial charge in [0, 0.05) is 19.5 Å². The van der Waals surface area contributed by atoms with E-state index in [0.717, 1.165) is 12.8 Å². The minimum Gasteiger partial charge on any atom is -0.476 e. The summed E-state index contributed by atoms with van der Waals surface area (Å²) in [6, 6.07) is 3.18. The number of primary amides is 1. The second-order valence-corrected chi connectivity index (χ2v) is 7.76. The highest BCUT2D eigenvalue weighted by Gasteiger charge is 2.72. The van der Waals surface area contributed by atoms with Crippen molar-refractivity contribution in [3.05, 3.63) is 17.8 Å². The van der Waals surface area contributed by atoms with Gasteiger partial charge in [0.25, 0.3) is 11.8 Å². The van der Waals surface area contributed by atoms with E-state index < -0.39 is 23.2 Å². The van der Waals surface area contributed by atoms with E-state index in [9.17, 15) is 18.4 Å². The van der Waals surface area contributed by atoms with Crippen molar-refractivity contribution in [3.63, 3.8) is 0 Å². The fraction of sp³-hybridized carbons (Fsp3) is 0.611. The second-order valence-electron chi connectivity index (χ2n) is 7.76. The first-order chi connectivity index (χ1) is 12.8. The molecule has 0 radical (unpaired) electrons. The molecule has 1 aromatic heterocycles. The number of carbonyl (C=O) groups is 2. The largest absolute Gasteiger partial charge is 0.476 e. The molecular weight excluding hydrogens is 358 g/mol. The molecule has 4 rings (SSSR count). The molecular formula is C18H22F2N4O3. The normalized spacial score (nSPS) is 25.5. The van der Waals surface area contributed by atoms with Gasteiger partial charge in [-0.05, 0) is 37.3 Å². The van der Waals surface area contributed by atoms with E-state index >= 15 is 0 Å². The van der Waals surface area contributed by atoms with Gasteiger partial charge in [0.15, 0.2) is 0 Å². The van der Waals surface area contributed by atoms with Gasteiger partial charge in [-0.25, -0.2) is 13.8 Å². The molecule has 2 aliphatic carbocycles. The van der Waals surface area contributed by atoms with Crippen LogP contribution < -0.4 is 20.7 Å². The van der Waals surface area contributed by atoms with E-state index in [-0.39, 0.29) is 31.1 Å². The highest BCUT2D eigenvalue weighted by molar-refractivity contribution is 5.95. The number of nitrogens with one attached hydrogen (secondary N) is 1.